The van der Waals surface area contributed by atoms with Crippen molar-refractivity contribution in [2.45, 2.75) is 51.6 Å². The van der Waals surface area contributed by atoms with Gasteiger partial charge in [-0.3, -0.25) is 4.79 Å². The maximum absolute atomic E-state index is 11.9. The normalized spacial score (nSPS) is 19.8. The number of rotatable bonds is 5. The van der Waals surface area contributed by atoms with E-state index < -0.39 is 17.5 Å². The molecule has 1 rings (SSSR count). The minimum absolute atomic E-state index is 0.158. The molecule has 1 fully saturated rings. The minimum Gasteiger partial charge on any atom is -0.481 e. The molecule has 3 N–H and O–H groups in total. The van der Waals surface area contributed by atoms with E-state index in [9.17, 15) is 19.8 Å². The van der Waals surface area contributed by atoms with E-state index in [-0.39, 0.29) is 19.1 Å². The number of carboxylic acids is 1. The summed E-state index contributed by atoms with van der Waals surface area (Å²) in [6, 6.07) is -0.337. The average Bonchev–Trinajstić information content (AvgIpc) is 2.61. The number of carbonyl (C=O) groups is 2. The van der Waals surface area contributed by atoms with Crippen LogP contribution in [0.1, 0.15) is 45.4 Å². The van der Waals surface area contributed by atoms with Crippen LogP contribution in [-0.2, 0) is 4.79 Å². The lowest BCUT2D eigenvalue weighted by molar-refractivity contribution is -0.149. The Hall–Kier alpha value is -1.30. The van der Waals surface area contributed by atoms with Gasteiger partial charge in [0.15, 0.2) is 0 Å². The molecule has 0 aromatic carbocycles. The van der Waals surface area contributed by atoms with E-state index in [4.69, 9.17) is 0 Å². The number of aliphatic hydroxyl groups excluding tert-OH is 1. The second-order valence-corrected chi connectivity index (χ2v) is 5.89. The van der Waals surface area contributed by atoms with Gasteiger partial charge >= 0.3 is 12.0 Å². The molecule has 6 heteroatoms. The van der Waals surface area contributed by atoms with Crippen molar-refractivity contribution in [3.8, 4) is 0 Å². The summed E-state index contributed by atoms with van der Waals surface area (Å²) in [6.07, 6.45) is 4.54. The smallest absolute Gasteiger partial charge is 0.317 e. The zero-order valence-corrected chi connectivity index (χ0v) is 12.4. The number of hydrogen-bond acceptors (Lipinski definition) is 3. The maximum atomic E-state index is 11.9. The van der Waals surface area contributed by atoms with Gasteiger partial charge in [-0.25, -0.2) is 4.79 Å². The van der Waals surface area contributed by atoms with Gasteiger partial charge < -0.3 is 20.4 Å². The van der Waals surface area contributed by atoms with E-state index in [1.165, 1.54) is 4.90 Å². The Balaban J connectivity index is 2.58. The van der Waals surface area contributed by atoms with Crippen molar-refractivity contribution in [1.29, 1.82) is 0 Å². The van der Waals surface area contributed by atoms with Crippen LogP contribution in [0.3, 0.4) is 0 Å². The second kappa shape index (κ2) is 7.47. The molecule has 20 heavy (non-hydrogen) atoms. The van der Waals surface area contributed by atoms with E-state index in [0.717, 1.165) is 25.7 Å². The molecule has 1 aliphatic rings. The first-order chi connectivity index (χ1) is 9.37. The molecule has 0 aromatic rings. The number of amides is 2. The van der Waals surface area contributed by atoms with Crippen LogP contribution < -0.4 is 5.32 Å². The molecule has 1 atom stereocenters. The lowest BCUT2D eigenvalue weighted by Crippen LogP contribution is -2.47. The molecule has 2 amide bonds. The van der Waals surface area contributed by atoms with Gasteiger partial charge in [0, 0.05) is 20.1 Å². The van der Waals surface area contributed by atoms with Crippen molar-refractivity contribution >= 4 is 12.0 Å². The molecule has 0 aliphatic heterocycles. The van der Waals surface area contributed by atoms with Crippen molar-refractivity contribution < 1.29 is 19.8 Å². The van der Waals surface area contributed by atoms with Crippen molar-refractivity contribution in [3.63, 3.8) is 0 Å². The molecule has 0 bridgehead atoms. The minimum atomic E-state index is -0.835. The number of hydrogen-bond donors (Lipinski definition) is 3. The molecular formula is C14H26N2O4. The summed E-state index contributed by atoms with van der Waals surface area (Å²) in [5.74, 6) is -0.821. The van der Waals surface area contributed by atoms with Crippen molar-refractivity contribution in [1.82, 2.24) is 10.2 Å². The van der Waals surface area contributed by atoms with Crippen molar-refractivity contribution in [3.05, 3.63) is 0 Å². The van der Waals surface area contributed by atoms with Gasteiger partial charge in [0.1, 0.15) is 0 Å². The van der Waals surface area contributed by atoms with Crippen molar-refractivity contribution in [2.75, 3.05) is 20.1 Å². The number of carbonyl (C=O) groups excluding carboxylic acids is 1. The molecule has 0 radical (unpaired) electrons. The second-order valence-electron chi connectivity index (χ2n) is 5.89. The van der Waals surface area contributed by atoms with Gasteiger partial charge in [-0.1, -0.05) is 25.7 Å². The first-order valence-corrected chi connectivity index (χ1v) is 7.28. The van der Waals surface area contributed by atoms with E-state index in [2.05, 4.69) is 5.32 Å². The summed E-state index contributed by atoms with van der Waals surface area (Å²) < 4.78 is 0. The van der Waals surface area contributed by atoms with Crippen molar-refractivity contribution in [2.24, 2.45) is 5.41 Å². The number of carboxylic acid groups (broad SMARTS) is 1. The zero-order valence-electron chi connectivity index (χ0n) is 12.4. The number of likely N-dealkylation sites (N-methyl/N-ethyl adjacent to an activating group) is 1. The van der Waals surface area contributed by atoms with Crippen LogP contribution in [-0.4, -0.2) is 53.4 Å². The predicted octanol–water partition coefficient (Wildman–Crippen LogP) is 1.43. The Morgan fingerprint density at radius 1 is 1.25 bits per heavy atom. The number of nitrogens with one attached hydrogen (secondary N) is 1. The highest BCUT2D eigenvalue weighted by Gasteiger charge is 2.39. The highest BCUT2D eigenvalue weighted by Crippen LogP contribution is 2.34. The summed E-state index contributed by atoms with van der Waals surface area (Å²) in [5.41, 5.74) is -0.835. The summed E-state index contributed by atoms with van der Waals surface area (Å²) in [4.78, 5) is 24.8. The molecular weight excluding hydrogens is 260 g/mol. The number of aliphatic hydroxyl groups is 1. The fourth-order valence-corrected chi connectivity index (χ4v) is 2.73. The molecule has 1 aliphatic carbocycles. The third-order valence-electron chi connectivity index (χ3n) is 3.98. The van der Waals surface area contributed by atoms with E-state index in [1.54, 1.807) is 14.0 Å². The fraction of sp³-hybridized carbons (Fsp3) is 0.857. The van der Waals surface area contributed by atoms with Crippen LogP contribution >= 0.6 is 0 Å². The highest BCUT2D eigenvalue weighted by molar-refractivity contribution is 5.78. The summed E-state index contributed by atoms with van der Waals surface area (Å²) in [6.45, 7) is 1.99. The van der Waals surface area contributed by atoms with Crippen LogP contribution in [0.2, 0.25) is 0 Å². The molecule has 6 nitrogen and oxygen atoms in total. The monoisotopic (exact) mass is 286 g/mol. The van der Waals surface area contributed by atoms with Crippen LogP contribution in [0.4, 0.5) is 4.79 Å². The van der Waals surface area contributed by atoms with Gasteiger partial charge in [-0.15, -0.1) is 0 Å². The van der Waals surface area contributed by atoms with Gasteiger partial charge in [0.2, 0.25) is 0 Å². The van der Waals surface area contributed by atoms with Gasteiger partial charge in [-0.2, -0.15) is 0 Å². The average molecular weight is 286 g/mol. The summed E-state index contributed by atoms with van der Waals surface area (Å²) in [5, 5.41) is 21.5. The molecule has 1 saturated carbocycles. The van der Waals surface area contributed by atoms with Gasteiger partial charge in [0.05, 0.1) is 11.5 Å². The lowest BCUT2D eigenvalue weighted by Gasteiger charge is -2.29. The number of nitrogens with zero attached hydrogens (tertiary/aromatic N) is 1. The predicted molar refractivity (Wildman–Crippen MR) is 75.5 cm³/mol. The lowest BCUT2D eigenvalue weighted by atomic mass is 9.80. The van der Waals surface area contributed by atoms with E-state index >= 15 is 0 Å². The molecule has 0 saturated heterocycles. The van der Waals surface area contributed by atoms with E-state index in [1.807, 2.05) is 0 Å². The maximum Gasteiger partial charge on any atom is 0.317 e. The zero-order chi connectivity index (χ0) is 15.2. The number of aliphatic carboxylic acids is 1. The fourth-order valence-electron chi connectivity index (χ4n) is 2.73. The van der Waals surface area contributed by atoms with Crippen LogP contribution in [0.25, 0.3) is 0 Å². The first kappa shape index (κ1) is 16.8. The molecule has 1 unspecified atom stereocenters. The van der Waals surface area contributed by atoms with Gasteiger partial charge in [0.25, 0.3) is 0 Å². The molecule has 0 heterocycles. The van der Waals surface area contributed by atoms with Crippen LogP contribution in [0, 0.1) is 5.41 Å². The topological polar surface area (TPSA) is 89.9 Å². The Morgan fingerprint density at radius 3 is 2.25 bits per heavy atom. The molecule has 0 aromatic heterocycles. The SMILES string of the molecule is CC(O)CN(C)C(=O)NCC1(C(=O)O)CCCCCC1. The first-order valence-electron chi connectivity index (χ1n) is 7.28. The number of urea groups is 1. The Bertz CT molecular complexity index is 336. The third-order valence-corrected chi connectivity index (χ3v) is 3.98. The van der Waals surface area contributed by atoms with Gasteiger partial charge in [-0.05, 0) is 19.8 Å². The Kier molecular flexibility index (Phi) is 6.26. The standard InChI is InChI=1S/C14H26N2O4/c1-11(17)9-16(2)13(20)15-10-14(12(18)19)7-5-3-4-6-8-14/h11,17H,3-10H2,1-2H3,(H,15,20)(H,18,19). The van der Waals surface area contributed by atoms with Crippen LogP contribution in [0.5, 0.6) is 0 Å². The third kappa shape index (κ3) is 4.67. The highest BCUT2D eigenvalue weighted by atomic mass is 16.4. The summed E-state index contributed by atoms with van der Waals surface area (Å²) in [7, 11) is 1.59. The van der Waals surface area contributed by atoms with Crippen LogP contribution in [0.15, 0.2) is 0 Å². The summed E-state index contributed by atoms with van der Waals surface area (Å²) >= 11 is 0. The Morgan fingerprint density at radius 2 is 1.80 bits per heavy atom. The molecule has 116 valence electrons. The van der Waals surface area contributed by atoms with E-state index in [0.29, 0.717) is 12.8 Å². The Labute approximate surface area is 120 Å². The molecule has 0 spiro atoms. The quantitative estimate of drug-likeness (QED) is 0.667. The largest absolute Gasteiger partial charge is 0.481 e.